The van der Waals surface area contributed by atoms with Gasteiger partial charge in [0.2, 0.25) is 5.89 Å². The van der Waals surface area contributed by atoms with Crippen LogP contribution >= 0.6 is 24.0 Å². The van der Waals surface area contributed by atoms with E-state index in [1.54, 1.807) is 7.05 Å². The molecule has 3 rings (SSSR count). The van der Waals surface area contributed by atoms with Gasteiger partial charge < -0.3 is 15.1 Å². The number of rotatable bonds is 4. The van der Waals surface area contributed by atoms with E-state index in [-0.39, 0.29) is 29.4 Å². The molecule has 0 saturated carbocycles. The van der Waals surface area contributed by atoms with E-state index >= 15 is 0 Å². The normalized spacial score (nSPS) is 17.0. The summed E-state index contributed by atoms with van der Waals surface area (Å²) >= 11 is 0. The van der Waals surface area contributed by atoms with Crippen molar-refractivity contribution in [2.75, 3.05) is 13.6 Å². The molecule has 0 bridgehead atoms. The highest BCUT2D eigenvalue weighted by Crippen LogP contribution is 2.30. The molecule has 0 radical (unpaired) electrons. The molecule has 27 heavy (non-hydrogen) atoms. The van der Waals surface area contributed by atoms with Gasteiger partial charge in [-0.05, 0) is 30.4 Å². The fourth-order valence-electron chi connectivity index (χ4n) is 3.41. The summed E-state index contributed by atoms with van der Waals surface area (Å²) in [6.07, 6.45) is 5.48. The lowest BCUT2D eigenvalue weighted by Crippen LogP contribution is -2.39. The summed E-state index contributed by atoms with van der Waals surface area (Å²) in [6.45, 7) is 7.76. The van der Waals surface area contributed by atoms with Crippen molar-refractivity contribution in [2.24, 2.45) is 4.99 Å². The summed E-state index contributed by atoms with van der Waals surface area (Å²) in [7, 11) is 1.79. The predicted octanol–water partition coefficient (Wildman–Crippen LogP) is 4.38. The maximum absolute atomic E-state index is 5.83. The molecule has 0 amide bonds. The lowest BCUT2D eigenvalue weighted by Gasteiger charge is -2.26. The number of halogens is 1. The van der Waals surface area contributed by atoms with Crippen LogP contribution in [0.3, 0.4) is 0 Å². The number of hydrogen-bond acceptors (Lipinski definition) is 3. The van der Waals surface area contributed by atoms with Crippen molar-refractivity contribution in [1.82, 2.24) is 15.6 Å². The van der Waals surface area contributed by atoms with E-state index in [9.17, 15) is 0 Å². The Bertz CT molecular complexity index is 764. The summed E-state index contributed by atoms with van der Waals surface area (Å²) in [6, 6.07) is 8.79. The molecular formula is C21H31IN4O. The second-order valence-corrected chi connectivity index (χ2v) is 7.96. The second kappa shape index (κ2) is 9.57. The number of fused-ring (bicyclic) bond motifs is 1. The van der Waals surface area contributed by atoms with Crippen molar-refractivity contribution in [3.05, 3.63) is 53.2 Å². The highest BCUT2D eigenvalue weighted by molar-refractivity contribution is 14.0. The van der Waals surface area contributed by atoms with Crippen molar-refractivity contribution in [1.29, 1.82) is 0 Å². The Morgan fingerprint density at radius 2 is 2.04 bits per heavy atom. The first-order valence-corrected chi connectivity index (χ1v) is 9.45. The molecule has 2 aromatic rings. The predicted molar refractivity (Wildman–Crippen MR) is 121 cm³/mol. The van der Waals surface area contributed by atoms with Gasteiger partial charge >= 0.3 is 0 Å². The summed E-state index contributed by atoms with van der Waals surface area (Å²) in [5, 5.41) is 6.75. The van der Waals surface area contributed by atoms with Gasteiger partial charge in [-0.15, -0.1) is 24.0 Å². The second-order valence-electron chi connectivity index (χ2n) is 7.96. The SMILES string of the molecule is CN=C(NCc1ncc(C(C)(C)C)o1)NCC1CCCc2ccccc21.I. The minimum Gasteiger partial charge on any atom is -0.443 e. The van der Waals surface area contributed by atoms with E-state index in [1.165, 1.54) is 30.4 Å². The highest BCUT2D eigenvalue weighted by Gasteiger charge is 2.21. The van der Waals surface area contributed by atoms with Gasteiger partial charge in [-0.2, -0.15) is 0 Å². The minimum atomic E-state index is -0.0282. The summed E-state index contributed by atoms with van der Waals surface area (Å²) in [5.41, 5.74) is 2.94. The third kappa shape index (κ3) is 5.70. The van der Waals surface area contributed by atoms with Crippen LogP contribution in [0.2, 0.25) is 0 Å². The Morgan fingerprint density at radius 1 is 1.26 bits per heavy atom. The van der Waals surface area contributed by atoms with E-state index in [0.29, 0.717) is 18.4 Å². The van der Waals surface area contributed by atoms with Crippen molar-refractivity contribution in [2.45, 2.75) is 57.9 Å². The van der Waals surface area contributed by atoms with Crippen molar-refractivity contribution >= 4 is 29.9 Å². The molecule has 1 unspecified atom stereocenters. The number of aromatic nitrogens is 1. The van der Waals surface area contributed by atoms with Crippen LogP contribution in [0.4, 0.5) is 0 Å². The lowest BCUT2D eigenvalue weighted by atomic mass is 9.83. The molecule has 0 fully saturated rings. The van der Waals surface area contributed by atoms with E-state index < -0.39 is 0 Å². The smallest absolute Gasteiger partial charge is 0.213 e. The number of aliphatic imine (C=N–C) groups is 1. The molecular weight excluding hydrogens is 451 g/mol. The van der Waals surface area contributed by atoms with Crippen molar-refractivity contribution in [3.63, 3.8) is 0 Å². The number of hydrogen-bond donors (Lipinski definition) is 2. The quantitative estimate of drug-likeness (QED) is 0.386. The van der Waals surface area contributed by atoms with Crippen LogP contribution < -0.4 is 10.6 Å². The monoisotopic (exact) mass is 482 g/mol. The molecule has 2 N–H and O–H groups in total. The van der Waals surface area contributed by atoms with Crippen LogP contribution in [0.1, 0.15) is 62.3 Å². The number of guanidine groups is 1. The van der Waals surface area contributed by atoms with Gasteiger partial charge in [-0.3, -0.25) is 4.99 Å². The standard InChI is InChI=1S/C21H30N4O.HI/c1-21(2,3)18-13-23-19(26-18)14-25-20(22-4)24-12-16-10-7-9-15-8-5-6-11-17(15)16;/h5-6,8,11,13,16H,7,9-10,12,14H2,1-4H3,(H2,22,24,25);1H. The lowest BCUT2D eigenvalue weighted by molar-refractivity contribution is 0.379. The number of oxazole rings is 1. The largest absolute Gasteiger partial charge is 0.443 e. The molecule has 5 nitrogen and oxygen atoms in total. The third-order valence-corrected chi connectivity index (χ3v) is 4.93. The molecule has 1 aromatic heterocycles. The van der Waals surface area contributed by atoms with E-state index in [1.807, 2.05) is 6.20 Å². The molecule has 0 saturated heterocycles. The maximum Gasteiger partial charge on any atom is 0.213 e. The molecule has 6 heteroatoms. The number of nitrogens with one attached hydrogen (secondary N) is 2. The van der Waals surface area contributed by atoms with Crippen LogP contribution in [0, 0.1) is 0 Å². The average molecular weight is 482 g/mol. The zero-order valence-electron chi connectivity index (χ0n) is 16.7. The van der Waals surface area contributed by atoms with E-state index in [4.69, 9.17) is 4.42 Å². The zero-order valence-corrected chi connectivity index (χ0v) is 19.0. The van der Waals surface area contributed by atoms with Crippen LogP contribution in [0.5, 0.6) is 0 Å². The van der Waals surface area contributed by atoms with Crippen LogP contribution in [-0.2, 0) is 18.4 Å². The van der Waals surface area contributed by atoms with Gasteiger partial charge in [-0.25, -0.2) is 4.98 Å². The van der Waals surface area contributed by atoms with Gasteiger partial charge in [0.1, 0.15) is 5.76 Å². The van der Waals surface area contributed by atoms with Gasteiger partial charge in [0.25, 0.3) is 0 Å². The Morgan fingerprint density at radius 3 is 2.74 bits per heavy atom. The molecule has 1 aliphatic carbocycles. The maximum atomic E-state index is 5.83. The Balaban J connectivity index is 0.00000261. The number of nitrogens with zero attached hydrogens (tertiary/aromatic N) is 2. The van der Waals surface area contributed by atoms with Gasteiger partial charge in [0, 0.05) is 24.9 Å². The number of aryl methyl sites for hydroxylation is 1. The molecule has 0 aliphatic heterocycles. The van der Waals surface area contributed by atoms with Gasteiger partial charge in [0.15, 0.2) is 5.96 Å². The summed E-state index contributed by atoms with van der Waals surface area (Å²) < 4.78 is 5.83. The number of benzene rings is 1. The molecule has 1 heterocycles. The molecule has 148 valence electrons. The van der Waals surface area contributed by atoms with E-state index in [2.05, 4.69) is 65.6 Å². The molecule has 1 aliphatic rings. The van der Waals surface area contributed by atoms with Crippen LogP contribution in [0.15, 0.2) is 39.9 Å². The first-order chi connectivity index (χ1) is 12.5. The van der Waals surface area contributed by atoms with Crippen LogP contribution in [0.25, 0.3) is 0 Å². The van der Waals surface area contributed by atoms with Crippen molar-refractivity contribution < 1.29 is 4.42 Å². The van der Waals surface area contributed by atoms with E-state index in [0.717, 1.165) is 18.3 Å². The Kier molecular flexibility index (Phi) is 7.70. The first kappa shape index (κ1) is 21.7. The fraction of sp³-hybridized carbons (Fsp3) is 0.524. The minimum absolute atomic E-state index is 0. The average Bonchev–Trinajstić information content (AvgIpc) is 3.11. The molecule has 0 spiro atoms. The van der Waals surface area contributed by atoms with Gasteiger partial charge in [0.05, 0.1) is 12.7 Å². The summed E-state index contributed by atoms with van der Waals surface area (Å²) in [4.78, 5) is 8.68. The highest BCUT2D eigenvalue weighted by atomic mass is 127. The van der Waals surface area contributed by atoms with Crippen molar-refractivity contribution in [3.8, 4) is 0 Å². The Labute approximate surface area is 179 Å². The third-order valence-electron chi connectivity index (χ3n) is 4.93. The molecule has 1 aromatic carbocycles. The fourth-order valence-corrected chi connectivity index (χ4v) is 3.41. The van der Waals surface area contributed by atoms with Gasteiger partial charge in [-0.1, -0.05) is 45.0 Å². The first-order valence-electron chi connectivity index (χ1n) is 9.45. The molecule has 1 atom stereocenters. The zero-order chi connectivity index (χ0) is 18.6. The topological polar surface area (TPSA) is 62.5 Å². The van der Waals surface area contributed by atoms with Crippen LogP contribution in [-0.4, -0.2) is 24.5 Å². The Hall–Kier alpha value is -1.57. The summed E-state index contributed by atoms with van der Waals surface area (Å²) in [5.74, 6) is 2.90.